The van der Waals surface area contributed by atoms with E-state index in [9.17, 15) is 0 Å². The Balaban J connectivity index is 1.36. The first-order valence-corrected chi connectivity index (χ1v) is 9.35. The minimum absolute atomic E-state index is 0.0157. The number of aryl methyl sites for hydroxylation is 2. The summed E-state index contributed by atoms with van der Waals surface area (Å²) in [4.78, 5) is 13.4. The first kappa shape index (κ1) is 17.7. The molecule has 148 valence electrons. The van der Waals surface area contributed by atoms with Crippen molar-refractivity contribution in [3.63, 3.8) is 0 Å². The Labute approximate surface area is 168 Å². The van der Waals surface area contributed by atoms with Gasteiger partial charge in [0.05, 0.1) is 42.8 Å². The predicted octanol–water partition coefficient (Wildman–Crippen LogP) is 2.83. The van der Waals surface area contributed by atoms with E-state index in [1.54, 1.807) is 31.3 Å². The van der Waals surface area contributed by atoms with Gasteiger partial charge in [-0.3, -0.25) is 9.67 Å². The van der Waals surface area contributed by atoms with Crippen LogP contribution in [0.4, 0.5) is 0 Å². The quantitative estimate of drug-likeness (QED) is 0.612. The molecule has 0 N–H and O–H groups in total. The van der Waals surface area contributed by atoms with Crippen molar-refractivity contribution in [3.05, 3.63) is 47.7 Å². The minimum atomic E-state index is 0.0157. The van der Waals surface area contributed by atoms with E-state index in [1.807, 2.05) is 32.2 Å². The van der Waals surface area contributed by atoms with Gasteiger partial charge in [0, 0.05) is 19.3 Å². The monoisotopic (exact) mass is 391 g/mol. The molecule has 8 nitrogen and oxygen atoms in total. The Morgan fingerprint density at radius 1 is 1.14 bits per heavy atom. The average molecular weight is 391 g/mol. The molecule has 3 aromatic heterocycles. The Morgan fingerprint density at radius 2 is 2.00 bits per heavy atom. The van der Waals surface area contributed by atoms with Crippen molar-refractivity contribution in [2.75, 3.05) is 20.8 Å². The zero-order valence-corrected chi connectivity index (χ0v) is 16.8. The summed E-state index contributed by atoms with van der Waals surface area (Å²) in [5, 5.41) is 4.32. The van der Waals surface area contributed by atoms with Gasteiger partial charge in [-0.2, -0.15) is 4.98 Å². The Hall–Kier alpha value is -3.42. The molecule has 2 aliphatic rings. The summed E-state index contributed by atoms with van der Waals surface area (Å²) in [6.45, 7) is 2.40. The summed E-state index contributed by atoms with van der Waals surface area (Å²) in [7, 11) is 5.09. The molecule has 0 amide bonds. The van der Waals surface area contributed by atoms with Gasteiger partial charge in [-0.15, -0.1) is 5.10 Å². The highest BCUT2D eigenvalue weighted by Gasteiger charge is 2.68. The standard InChI is InChI=1S/C21H21N5O3/c1-12-22-10-14(17-7-18(28-4)25-26(17)2)20(24-12)29-11-21-8-15(21)19(21)16-6-5-13(27-3)9-23-16/h5-7,9-10H,8,11H2,1-4H3. The highest BCUT2D eigenvalue weighted by molar-refractivity contribution is 5.98. The van der Waals surface area contributed by atoms with Gasteiger partial charge >= 0.3 is 0 Å². The van der Waals surface area contributed by atoms with Gasteiger partial charge in [-0.1, -0.05) is 0 Å². The van der Waals surface area contributed by atoms with Crippen LogP contribution in [0.25, 0.3) is 16.8 Å². The van der Waals surface area contributed by atoms with Crippen LogP contribution in [0, 0.1) is 12.3 Å². The molecular weight excluding hydrogens is 370 g/mol. The van der Waals surface area contributed by atoms with Crippen LogP contribution in [-0.2, 0) is 7.05 Å². The number of hydrogen-bond acceptors (Lipinski definition) is 7. The van der Waals surface area contributed by atoms with Crippen molar-refractivity contribution < 1.29 is 14.2 Å². The van der Waals surface area contributed by atoms with Crippen LogP contribution in [0.5, 0.6) is 17.5 Å². The van der Waals surface area contributed by atoms with Gasteiger partial charge in [0.2, 0.25) is 11.8 Å². The molecule has 0 saturated heterocycles. The van der Waals surface area contributed by atoms with E-state index >= 15 is 0 Å². The van der Waals surface area contributed by atoms with E-state index in [-0.39, 0.29) is 5.41 Å². The topological polar surface area (TPSA) is 84.2 Å². The lowest BCUT2D eigenvalue weighted by Gasteiger charge is -2.14. The Bertz CT molecular complexity index is 1140. The van der Waals surface area contributed by atoms with E-state index in [0.717, 1.165) is 29.1 Å². The van der Waals surface area contributed by atoms with Gasteiger partial charge in [0.1, 0.15) is 18.2 Å². The molecular formula is C21H21N5O3. The summed E-state index contributed by atoms with van der Waals surface area (Å²) in [6, 6.07) is 5.78. The third kappa shape index (κ3) is 2.83. The summed E-state index contributed by atoms with van der Waals surface area (Å²) in [5.41, 5.74) is 5.34. The van der Waals surface area contributed by atoms with Gasteiger partial charge in [0.25, 0.3) is 0 Å². The second kappa shape index (κ2) is 6.30. The van der Waals surface area contributed by atoms with Gasteiger partial charge in [-0.05, 0) is 36.6 Å². The van der Waals surface area contributed by atoms with Crippen LogP contribution >= 0.6 is 0 Å². The van der Waals surface area contributed by atoms with Crippen molar-refractivity contribution >= 4 is 5.57 Å². The molecule has 0 aliphatic heterocycles. The molecule has 0 spiro atoms. The van der Waals surface area contributed by atoms with Crippen LogP contribution < -0.4 is 14.2 Å². The van der Waals surface area contributed by atoms with Gasteiger partial charge < -0.3 is 14.2 Å². The lowest BCUT2D eigenvalue weighted by molar-refractivity contribution is 0.275. The summed E-state index contributed by atoms with van der Waals surface area (Å²) < 4.78 is 18.4. The summed E-state index contributed by atoms with van der Waals surface area (Å²) in [5.74, 6) is 2.51. The molecule has 0 aromatic carbocycles. The number of hydrogen-bond donors (Lipinski definition) is 0. The summed E-state index contributed by atoms with van der Waals surface area (Å²) in [6.07, 6.45) is 4.57. The number of ether oxygens (including phenoxy) is 3. The van der Waals surface area contributed by atoms with Crippen LogP contribution in [0.2, 0.25) is 0 Å². The maximum Gasteiger partial charge on any atom is 0.233 e. The lowest BCUT2D eigenvalue weighted by atomic mass is 10.1. The van der Waals surface area contributed by atoms with Gasteiger partial charge in [-0.25, -0.2) is 4.98 Å². The molecule has 3 heterocycles. The summed E-state index contributed by atoms with van der Waals surface area (Å²) >= 11 is 0. The third-order valence-corrected chi connectivity index (χ3v) is 5.55. The minimum Gasteiger partial charge on any atom is -0.495 e. The number of rotatable bonds is 7. The first-order valence-electron chi connectivity index (χ1n) is 9.35. The largest absolute Gasteiger partial charge is 0.495 e. The third-order valence-electron chi connectivity index (χ3n) is 5.55. The van der Waals surface area contributed by atoms with Crippen LogP contribution in [0.15, 0.2) is 36.2 Å². The number of fused-ring (bicyclic) bond motifs is 1. The molecule has 1 saturated carbocycles. The van der Waals surface area contributed by atoms with E-state index in [4.69, 9.17) is 14.2 Å². The van der Waals surface area contributed by atoms with E-state index in [0.29, 0.717) is 24.2 Å². The normalized spacial score (nSPS) is 19.0. The number of aromatic nitrogens is 5. The number of nitrogens with zero attached hydrogens (tertiary/aromatic N) is 5. The second-order valence-electron chi connectivity index (χ2n) is 7.32. The first-order chi connectivity index (χ1) is 14.1. The van der Waals surface area contributed by atoms with E-state index < -0.39 is 0 Å². The molecule has 29 heavy (non-hydrogen) atoms. The zero-order valence-electron chi connectivity index (χ0n) is 16.8. The average Bonchev–Trinajstić information content (AvgIpc) is 3.55. The molecule has 1 atom stereocenters. The molecule has 1 unspecified atom stereocenters. The second-order valence-corrected chi connectivity index (χ2v) is 7.32. The molecule has 3 aromatic rings. The lowest BCUT2D eigenvalue weighted by Crippen LogP contribution is -2.11. The molecule has 1 fully saturated rings. The number of pyridine rings is 1. The zero-order chi connectivity index (χ0) is 20.2. The molecule has 0 bridgehead atoms. The SMILES string of the molecule is COc1ccc(C2=C3CC32COc2nc(C)ncc2-c2cc(OC)nn2C)nc1. The highest BCUT2D eigenvalue weighted by Crippen LogP contribution is 2.77. The fraction of sp³-hybridized carbons (Fsp3) is 0.333. The molecule has 5 rings (SSSR count). The van der Waals surface area contributed by atoms with Crippen molar-refractivity contribution in [2.24, 2.45) is 12.5 Å². The predicted molar refractivity (Wildman–Crippen MR) is 106 cm³/mol. The molecule has 0 radical (unpaired) electrons. The molecule has 2 aliphatic carbocycles. The van der Waals surface area contributed by atoms with Crippen LogP contribution in [-0.4, -0.2) is 45.6 Å². The maximum absolute atomic E-state index is 6.21. The Morgan fingerprint density at radius 3 is 2.66 bits per heavy atom. The van der Waals surface area contributed by atoms with Crippen LogP contribution in [0.3, 0.4) is 0 Å². The Kier molecular flexibility index (Phi) is 3.84. The van der Waals surface area contributed by atoms with Crippen molar-refractivity contribution in [3.8, 4) is 28.8 Å². The van der Waals surface area contributed by atoms with Crippen molar-refractivity contribution in [2.45, 2.75) is 13.3 Å². The van der Waals surface area contributed by atoms with E-state index in [1.165, 1.54) is 11.1 Å². The maximum atomic E-state index is 6.21. The fourth-order valence-electron chi connectivity index (χ4n) is 3.73. The molecule has 8 heteroatoms. The van der Waals surface area contributed by atoms with Crippen LogP contribution in [0.1, 0.15) is 17.9 Å². The fourth-order valence-corrected chi connectivity index (χ4v) is 3.73. The number of methoxy groups -OCH3 is 2. The van der Waals surface area contributed by atoms with Crippen molar-refractivity contribution in [1.82, 2.24) is 24.7 Å². The van der Waals surface area contributed by atoms with Gasteiger partial charge in [0.15, 0.2) is 0 Å². The highest BCUT2D eigenvalue weighted by atomic mass is 16.5. The van der Waals surface area contributed by atoms with Crippen molar-refractivity contribution in [1.29, 1.82) is 0 Å². The smallest absolute Gasteiger partial charge is 0.233 e. The van der Waals surface area contributed by atoms with E-state index in [2.05, 4.69) is 20.1 Å².